The van der Waals surface area contributed by atoms with Crippen molar-refractivity contribution in [2.24, 2.45) is 5.92 Å². The van der Waals surface area contributed by atoms with Gasteiger partial charge in [-0.1, -0.05) is 30.3 Å². The van der Waals surface area contributed by atoms with E-state index < -0.39 is 27.4 Å². The first-order chi connectivity index (χ1) is 12.1. The fourth-order valence-corrected chi connectivity index (χ4v) is 3.95. The zero-order valence-electron chi connectivity index (χ0n) is 13.7. The van der Waals surface area contributed by atoms with Crippen LogP contribution in [0.1, 0.15) is 24.0 Å². The first-order valence-electron chi connectivity index (χ1n) is 8.08. The van der Waals surface area contributed by atoms with Crippen LogP contribution in [0.15, 0.2) is 59.5 Å². The van der Waals surface area contributed by atoms with Crippen molar-refractivity contribution in [2.45, 2.75) is 29.5 Å². The standard InChI is InChI=1S/C18H18F3NO3S/c19-18(20,21)15-8-10-16(11-9-15)26(24,25)22-12-17(23,14-6-7-14)13-4-2-1-3-5-13/h1-5,8-11,14,22-23H,6-7,12H2/t17-/m1/s1. The Kier molecular flexibility index (Phi) is 4.85. The van der Waals surface area contributed by atoms with Crippen LogP contribution in [0, 0.1) is 5.92 Å². The number of hydrogen-bond donors (Lipinski definition) is 2. The molecular formula is C18H18F3NO3S. The maximum absolute atomic E-state index is 12.6. The lowest BCUT2D eigenvalue weighted by Crippen LogP contribution is -2.42. The number of hydrogen-bond acceptors (Lipinski definition) is 3. The van der Waals surface area contributed by atoms with Gasteiger partial charge in [0.25, 0.3) is 0 Å². The van der Waals surface area contributed by atoms with E-state index in [1.54, 1.807) is 30.3 Å². The molecule has 0 saturated heterocycles. The topological polar surface area (TPSA) is 66.4 Å². The number of sulfonamides is 1. The van der Waals surface area contributed by atoms with Crippen molar-refractivity contribution < 1.29 is 26.7 Å². The highest BCUT2D eigenvalue weighted by Crippen LogP contribution is 2.45. The Morgan fingerprint density at radius 1 is 0.962 bits per heavy atom. The summed E-state index contributed by atoms with van der Waals surface area (Å²) in [5, 5.41) is 11.0. The molecule has 1 aliphatic rings. The van der Waals surface area contributed by atoms with Crippen molar-refractivity contribution in [3.8, 4) is 0 Å². The van der Waals surface area contributed by atoms with Gasteiger partial charge in [-0.3, -0.25) is 0 Å². The molecule has 140 valence electrons. The summed E-state index contributed by atoms with van der Waals surface area (Å²) in [6.45, 7) is -0.245. The van der Waals surface area contributed by atoms with E-state index in [0.717, 1.165) is 37.1 Å². The van der Waals surface area contributed by atoms with Crippen LogP contribution in [0.4, 0.5) is 13.2 Å². The lowest BCUT2D eigenvalue weighted by Gasteiger charge is -2.29. The van der Waals surface area contributed by atoms with Crippen molar-refractivity contribution in [1.29, 1.82) is 0 Å². The van der Waals surface area contributed by atoms with Gasteiger partial charge in [0.2, 0.25) is 10.0 Å². The van der Waals surface area contributed by atoms with Gasteiger partial charge in [0, 0.05) is 6.54 Å². The molecule has 0 radical (unpaired) electrons. The molecule has 0 amide bonds. The largest absolute Gasteiger partial charge is 0.416 e. The molecule has 8 heteroatoms. The van der Waals surface area contributed by atoms with Crippen LogP contribution in [-0.2, 0) is 21.8 Å². The summed E-state index contributed by atoms with van der Waals surface area (Å²) < 4.78 is 65.0. The highest BCUT2D eigenvalue weighted by atomic mass is 32.2. The summed E-state index contributed by atoms with van der Waals surface area (Å²) in [6.07, 6.45) is -2.96. The third kappa shape index (κ3) is 3.92. The quantitative estimate of drug-likeness (QED) is 0.802. The van der Waals surface area contributed by atoms with Gasteiger partial charge in [-0.2, -0.15) is 13.2 Å². The first-order valence-corrected chi connectivity index (χ1v) is 9.56. The second-order valence-electron chi connectivity index (χ2n) is 6.41. The molecule has 4 nitrogen and oxygen atoms in total. The van der Waals surface area contributed by atoms with Crippen molar-refractivity contribution in [2.75, 3.05) is 6.54 Å². The molecular weight excluding hydrogens is 367 g/mol. The molecule has 0 spiro atoms. The minimum atomic E-state index is -4.53. The van der Waals surface area contributed by atoms with Crippen LogP contribution in [0.5, 0.6) is 0 Å². The molecule has 3 rings (SSSR count). The molecule has 0 bridgehead atoms. The normalized spacial score (nSPS) is 17.7. The summed E-state index contributed by atoms with van der Waals surface area (Å²) in [7, 11) is -4.05. The second-order valence-corrected chi connectivity index (χ2v) is 8.18. The van der Waals surface area contributed by atoms with Gasteiger partial charge in [-0.25, -0.2) is 13.1 Å². The molecule has 0 aromatic heterocycles. The van der Waals surface area contributed by atoms with Crippen molar-refractivity contribution in [1.82, 2.24) is 4.72 Å². The fraction of sp³-hybridized carbons (Fsp3) is 0.333. The van der Waals surface area contributed by atoms with Crippen LogP contribution in [0.3, 0.4) is 0 Å². The summed E-state index contributed by atoms with van der Waals surface area (Å²) in [5.74, 6) is -0.0554. The maximum atomic E-state index is 12.6. The zero-order chi connectivity index (χ0) is 19.0. The monoisotopic (exact) mass is 385 g/mol. The van der Waals surface area contributed by atoms with Crippen molar-refractivity contribution >= 4 is 10.0 Å². The van der Waals surface area contributed by atoms with Gasteiger partial charge in [0.1, 0.15) is 5.60 Å². The summed E-state index contributed by atoms with van der Waals surface area (Å²) in [6, 6.07) is 12.0. The Bertz CT molecular complexity index is 863. The van der Waals surface area contributed by atoms with Gasteiger partial charge in [-0.15, -0.1) is 0 Å². The average molecular weight is 385 g/mol. The van der Waals surface area contributed by atoms with E-state index in [4.69, 9.17) is 0 Å². The molecule has 2 aromatic carbocycles. The van der Waals surface area contributed by atoms with Crippen LogP contribution in [-0.4, -0.2) is 20.1 Å². The van der Waals surface area contributed by atoms with E-state index in [9.17, 15) is 26.7 Å². The molecule has 2 aromatic rings. The van der Waals surface area contributed by atoms with Crippen LogP contribution < -0.4 is 4.72 Å². The number of aliphatic hydroxyl groups is 1. The Labute approximate surface area is 149 Å². The SMILES string of the molecule is O=S(=O)(NC[C@@](O)(c1ccccc1)C1CC1)c1ccc(C(F)(F)F)cc1. The Morgan fingerprint density at radius 3 is 2.04 bits per heavy atom. The third-order valence-electron chi connectivity index (χ3n) is 4.55. The smallest absolute Gasteiger partial charge is 0.383 e. The molecule has 2 N–H and O–H groups in total. The summed E-state index contributed by atoms with van der Waals surface area (Å²) in [4.78, 5) is -0.281. The van der Waals surface area contributed by atoms with Crippen molar-refractivity contribution in [3.63, 3.8) is 0 Å². The maximum Gasteiger partial charge on any atom is 0.416 e. The minimum Gasteiger partial charge on any atom is -0.383 e. The fourth-order valence-electron chi connectivity index (χ4n) is 2.88. The van der Waals surface area contributed by atoms with E-state index in [1.165, 1.54) is 0 Å². The molecule has 1 fully saturated rings. The van der Waals surface area contributed by atoms with E-state index in [1.807, 2.05) is 0 Å². The predicted octanol–water partition coefficient (Wildman–Crippen LogP) is 3.28. The van der Waals surface area contributed by atoms with Crippen LogP contribution in [0.25, 0.3) is 0 Å². The number of benzene rings is 2. The third-order valence-corrected chi connectivity index (χ3v) is 5.97. The van der Waals surface area contributed by atoms with E-state index in [2.05, 4.69) is 4.72 Å². The van der Waals surface area contributed by atoms with E-state index in [-0.39, 0.29) is 17.4 Å². The van der Waals surface area contributed by atoms with Crippen LogP contribution >= 0.6 is 0 Å². The van der Waals surface area contributed by atoms with E-state index in [0.29, 0.717) is 5.56 Å². The highest BCUT2D eigenvalue weighted by Gasteiger charge is 2.45. The second kappa shape index (κ2) is 6.68. The zero-order valence-corrected chi connectivity index (χ0v) is 14.5. The molecule has 1 atom stereocenters. The molecule has 0 heterocycles. The van der Waals surface area contributed by atoms with Gasteiger partial charge in [0.05, 0.1) is 10.5 Å². The Hall–Kier alpha value is -1.90. The van der Waals surface area contributed by atoms with Gasteiger partial charge in [-0.05, 0) is 48.6 Å². The average Bonchev–Trinajstić information content (AvgIpc) is 3.45. The highest BCUT2D eigenvalue weighted by molar-refractivity contribution is 7.89. The minimum absolute atomic E-state index is 0.0554. The van der Waals surface area contributed by atoms with Gasteiger partial charge >= 0.3 is 6.18 Å². The first kappa shape index (κ1) is 18.9. The number of halogens is 3. The van der Waals surface area contributed by atoms with Crippen LogP contribution in [0.2, 0.25) is 0 Å². The lowest BCUT2D eigenvalue weighted by atomic mass is 9.89. The Morgan fingerprint density at radius 2 is 1.54 bits per heavy atom. The van der Waals surface area contributed by atoms with Gasteiger partial charge < -0.3 is 5.11 Å². The molecule has 26 heavy (non-hydrogen) atoms. The molecule has 1 saturated carbocycles. The van der Waals surface area contributed by atoms with Gasteiger partial charge in [0.15, 0.2) is 0 Å². The number of rotatable bonds is 6. The summed E-state index contributed by atoms with van der Waals surface area (Å²) >= 11 is 0. The van der Waals surface area contributed by atoms with Crippen molar-refractivity contribution in [3.05, 3.63) is 65.7 Å². The van der Waals surface area contributed by atoms with E-state index >= 15 is 0 Å². The summed E-state index contributed by atoms with van der Waals surface area (Å²) in [5.41, 5.74) is -1.66. The molecule has 1 aliphatic carbocycles. The predicted molar refractivity (Wildman–Crippen MR) is 89.7 cm³/mol. The molecule has 0 unspecified atom stereocenters. The lowest BCUT2D eigenvalue weighted by molar-refractivity contribution is -0.137. The molecule has 0 aliphatic heterocycles. The number of alkyl halides is 3. The Balaban J connectivity index is 1.79. The number of nitrogens with one attached hydrogen (secondary N) is 1.